The Morgan fingerprint density at radius 1 is 0.909 bits per heavy atom. The molecule has 176 valence electrons. The van der Waals surface area contributed by atoms with Crippen LogP contribution in [-0.2, 0) is 14.3 Å². The van der Waals surface area contributed by atoms with Crippen molar-refractivity contribution in [1.29, 1.82) is 0 Å². The summed E-state index contributed by atoms with van der Waals surface area (Å²) in [6.45, 7) is 7.21. The molecule has 0 radical (unpaired) electrons. The van der Waals surface area contributed by atoms with E-state index in [1.54, 1.807) is 13.8 Å². The second-order valence-corrected chi connectivity index (χ2v) is 9.04. The van der Waals surface area contributed by atoms with Gasteiger partial charge in [0.2, 0.25) is 5.91 Å². The molecule has 0 heterocycles. The zero-order valence-corrected chi connectivity index (χ0v) is 19.5. The molecule has 0 spiro atoms. The minimum absolute atomic E-state index is 0.0268. The summed E-state index contributed by atoms with van der Waals surface area (Å²) in [5.41, 5.74) is 4.57. The summed E-state index contributed by atoms with van der Waals surface area (Å²) in [5, 5.41) is 14.8. The maximum Gasteiger partial charge on any atom is 0.407 e. The van der Waals surface area contributed by atoms with Crippen LogP contribution in [0.25, 0.3) is 11.1 Å². The van der Waals surface area contributed by atoms with E-state index in [4.69, 9.17) is 4.74 Å². The predicted molar refractivity (Wildman–Crippen MR) is 126 cm³/mol. The van der Waals surface area contributed by atoms with E-state index < -0.39 is 30.1 Å². The first kappa shape index (κ1) is 24.3. The van der Waals surface area contributed by atoms with Gasteiger partial charge in [-0.05, 0) is 42.0 Å². The molecule has 0 fully saturated rings. The smallest absolute Gasteiger partial charge is 0.407 e. The van der Waals surface area contributed by atoms with Gasteiger partial charge in [-0.2, -0.15) is 0 Å². The molecule has 2 amide bonds. The van der Waals surface area contributed by atoms with E-state index in [0.717, 1.165) is 22.3 Å². The summed E-state index contributed by atoms with van der Waals surface area (Å²) in [7, 11) is 0. The fourth-order valence-electron chi connectivity index (χ4n) is 4.65. The molecule has 0 saturated heterocycles. The van der Waals surface area contributed by atoms with E-state index in [-0.39, 0.29) is 30.8 Å². The van der Waals surface area contributed by atoms with Crippen LogP contribution in [0, 0.1) is 11.8 Å². The van der Waals surface area contributed by atoms with Gasteiger partial charge in [-0.15, -0.1) is 0 Å². The summed E-state index contributed by atoms with van der Waals surface area (Å²) in [4.78, 5) is 36.2. The Hall–Kier alpha value is -3.35. The highest BCUT2D eigenvalue weighted by atomic mass is 16.5. The number of rotatable bonds is 9. The molecule has 0 saturated carbocycles. The number of hydrogen-bond acceptors (Lipinski definition) is 4. The van der Waals surface area contributed by atoms with Crippen LogP contribution in [0.3, 0.4) is 0 Å². The van der Waals surface area contributed by atoms with Crippen LogP contribution < -0.4 is 10.6 Å². The molecule has 0 bridgehead atoms. The molecule has 0 aromatic heterocycles. The Balaban J connectivity index is 1.51. The third kappa shape index (κ3) is 5.72. The molecule has 2 aromatic carbocycles. The van der Waals surface area contributed by atoms with Crippen molar-refractivity contribution in [3.63, 3.8) is 0 Å². The standard InChI is InChI=1S/C26H32N2O5/c1-15(2)24(25(30)31)17(4)28-23(29)13-16(3)27-26(32)33-14-22-20-11-7-5-9-18(20)19-10-6-8-12-21(19)22/h5-12,15-17,22,24H,13-14H2,1-4H3,(H,27,32)(H,28,29)(H,30,31). The summed E-state index contributed by atoms with van der Waals surface area (Å²) in [6.07, 6.45) is -0.560. The number of carbonyl (C=O) groups excluding carboxylic acids is 2. The SMILES string of the molecule is CC(CC(=O)NC(C)C(C(=O)O)C(C)C)NC(=O)OCC1c2ccccc2-c2ccccc21. The number of ether oxygens (including phenoxy) is 1. The van der Waals surface area contributed by atoms with Crippen LogP contribution in [0.5, 0.6) is 0 Å². The molecule has 1 aliphatic rings. The Kier molecular flexibility index (Phi) is 7.74. The maximum absolute atomic E-state index is 12.4. The monoisotopic (exact) mass is 452 g/mol. The van der Waals surface area contributed by atoms with Crippen molar-refractivity contribution < 1.29 is 24.2 Å². The van der Waals surface area contributed by atoms with Crippen molar-refractivity contribution in [2.75, 3.05) is 6.61 Å². The van der Waals surface area contributed by atoms with E-state index in [2.05, 4.69) is 34.9 Å². The molecule has 2 aromatic rings. The lowest BCUT2D eigenvalue weighted by Crippen LogP contribution is -2.45. The molecular formula is C26H32N2O5. The van der Waals surface area contributed by atoms with Crippen molar-refractivity contribution in [1.82, 2.24) is 10.6 Å². The van der Waals surface area contributed by atoms with Gasteiger partial charge in [0.25, 0.3) is 0 Å². The van der Waals surface area contributed by atoms with Crippen LogP contribution in [-0.4, -0.2) is 41.8 Å². The minimum atomic E-state index is -0.942. The summed E-state index contributed by atoms with van der Waals surface area (Å²) < 4.78 is 5.51. The van der Waals surface area contributed by atoms with Gasteiger partial charge in [0.1, 0.15) is 6.61 Å². The highest BCUT2D eigenvalue weighted by Crippen LogP contribution is 2.44. The minimum Gasteiger partial charge on any atom is -0.481 e. The molecule has 33 heavy (non-hydrogen) atoms. The van der Waals surface area contributed by atoms with Crippen molar-refractivity contribution >= 4 is 18.0 Å². The zero-order valence-electron chi connectivity index (χ0n) is 19.5. The molecule has 3 atom stereocenters. The first-order valence-electron chi connectivity index (χ1n) is 11.3. The predicted octanol–water partition coefficient (Wildman–Crippen LogP) is 4.17. The average Bonchev–Trinajstić information content (AvgIpc) is 3.05. The van der Waals surface area contributed by atoms with E-state index >= 15 is 0 Å². The maximum atomic E-state index is 12.4. The summed E-state index contributed by atoms with van der Waals surface area (Å²) in [6, 6.07) is 15.2. The molecule has 7 heteroatoms. The highest BCUT2D eigenvalue weighted by Gasteiger charge is 2.30. The lowest BCUT2D eigenvalue weighted by atomic mass is 9.89. The number of nitrogens with one attached hydrogen (secondary N) is 2. The fourth-order valence-corrected chi connectivity index (χ4v) is 4.65. The quantitative estimate of drug-likeness (QED) is 0.530. The van der Waals surface area contributed by atoms with E-state index in [1.165, 1.54) is 0 Å². The molecule has 3 unspecified atom stereocenters. The number of aliphatic carboxylic acids is 1. The molecule has 1 aliphatic carbocycles. The van der Waals surface area contributed by atoms with Gasteiger partial charge in [-0.25, -0.2) is 4.79 Å². The lowest BCUT2D eigenvalue weighted by molar-refractivity contribution is -0.144. The van der Waals surface area contributed by atoms with Gasteiger partial charge in [0.15, 0.2) is 0 Å². The van der Waals surface area contributed by atoms with E-state index in [1.807, 2.05) is 38.1 Å². The van der Waals surface area contributed by atoms with Crippen LogP contribution >= 0.6 is 0 Å². The normalized spacial score (nSPS) is 15.2. The van der Waals surface area contributed by atoms with Crippen LogP contribution in [0.2, 0.25) is 0 Å². The largest absolute Gasteiger partial charge is 0.481 e. The first-order valence-corrected chi connectivity index (χ1v) is 11.3. The fraction of sp³-hybridized carbons (Fsp3) is 0.423. The second kappa shape index (κ2) is 10.5. The van der Waals surface area contributed by atoms with Gasteiger partial charge >= 0.3 is 12.1 Å². The topological polar surface area (TPSA) is 105 Å². The number of carbonyl (C=O) groups is 3. The van der Waals surface area contributed by atoms with Gasteiger partial charge < -0.3 is 20.5 Å². The first-order chi connectivity index (χ1) is 15.7. The number of alkyl carbamates (subject to hydrolysis) is 1. The van der Waals surface area contributed by atoms with Crippen LogP contribution in [0.4, 0.5) is 4.79 Å². The number of fused-ring (bicyclic) bond motifs is 3. The van der Waals surface area contributed by atoms with Crippen molar-refractivity contribution in [2.45, 2.75) is 52.1 Å². The van der Waals surface area contributed by atoms with Gasteiger partial charge in [0, 0.05) is 24.4 Å². The number of benzene rings is 2. The molecule has 0 aliphatic heterocycles. The Morgan fingerprint density at radius 2 is 1.45 bits per heavy atom. The van der Waals surface area contributed by atoms with Gasteiger partial charge in [-0.3, -0.25) is 9.59 Å². The third-order valence-corrected chi connectivity index (χ3v) is 6.13. The number of amides is 2. The van der Waals surface area contributed by atoms with Gasteiger partial charge in [0.05, 0.1) is 5.92 Å². The Bertz CT molecular complexity index is 974. The van der Waals surface area contributed by atoms with E-state index in [0.29, 0.717) is 0 Å². The molecular weight excluding hydrogens is 420 g/mol. The van der Waals surface area contributed by atoms with E-state index in [9.17, 15) is 19.5 Å². The Morgan fingerprint density at radius 3 is 1.97 bits per heavy atom. The highest BCUT2D eigenvalue weighted by molar-refractivity contribution is 5.80. The van der Waals surface area contributed by atoms with Gasteiger partial charge in [-0.1, -0.05) is 62.4 Å². The number of hydrogen-bond donors (Lipinski definition) is 3. The summed E-state index contributed by atoms with van der Waals surface area (Å²) in [5.74, 6) is -2.09. The number of carboxylic acid groups (broad SMARTS) is 1. The zero-order chi connectivity index (χ0) is 24.1. The molecule has 3 rings (SSSR count). The van der Waals surface area contributed by atoms with Crippen molar-refractivity contribution in [3.8, 4) is 11.1 Å². The molecule has 7 nitrogen and oxygen atoms in total. The second-order valence-electron chi connectivity index (χ2n) is 9.04. The Labute approximate surface area is 194 Å². The summed E-state index contributed by atoms with van der Waals surface area (Å²) >= 11 is 0. The van der Waals surface area contributed by atoms with Crippen LogP contribution in [0.15, 0.2) is 48.5 Å². The average molecular weight is 453 g/mol. The van der Waals surface area contributed by atoms with Crippen molar-refractivity contribution in [2.24, 2.45) is 11.8 Å². The van der Waals surface area contributed by atoms with Crippen LogP contribution in [0.1, 0.15) is 51.2 Å². The lowest BCUT2D eigenvalue weighted by Gasteiger charge is -2.25. The number of carboxylic acids is 1. The third-order valence-electron chi connectivity index (χ3n) is 6.13. The van der Waals surface area contributed by atoms with Crippen molar-refractivity contribution in [3.05, 3.63) is 59.7 Å². The molecule has 3 N–H and O–H groups in total.